The first-order chi connectivity index (χ1) is 6.63. The first kappa shape index (κ1) is 11.5. The Kier molecular flexibility index (Phi) is 4.35. The Bertz CT molecular complexity index is 193. The maximum Gasteiger partial charge on any atom is 0.337 e. The Labute approximate surface area is 83.9 Å². The molecule has 1 saturated carbocycles. The molecule has 0 aromatic carbocycles. The molecule has 0 bridgehead atoms. The molecule has 3 unspecified atom stereocenters. The number of hydrogen-bond donors (Lipinski definition) is 2. The minimum absolute atomic E-state index is 0.0764. The maximum absolute atomic E-state index is 11.1. The normalized spacial score (nSPS) is 29.6. The second-order valence-electron chi connectivity index (χ2n) is 4.03. The highest BCUT2D eigenvalue weighted by atomic mass is 16.6. The van der Waals surface area contributed by atoms with Gasteiger partial charge in [0.25, 0.3) is 0 Å². The molecule has 14 heavy (non-hydrogen) atoms. The highest BCUT2D eigenvalue weighted by Crippen LogP contribution is 2.25. The van der Waals surface area contributed by atoms with Crippen LogP contribution in [0.25, 0.3) is 0 Å². The lowest BCUT2D eigenvalue weighted by Gasteiger charge is -2.27. The lowest BCUT2D eigenvalue weighted by atomic mass is 9.89. The second kappa shape index (κ2) is 5.32. The van der Waals surface area contributed by atoms with Gasteiger partial charge in [0.2, 0.25) is 0 Å². The fraction of sp³-hybridized carbons (Fsp3) is 0.900. The number of ether oxygens (including phenoxy) is 1. The molecule has 2 N–H and O–H groups in total. The summed E-state index contributed by atoms with van der Waals surface area (Å²) in [4.78, 5) is 11.1. The zero-order valence-corrected chi connectivity index (χ0v) is 8.48. The first-order valence-electron chi connectivity index (χ1n) is 5.13. The molecule has 1 fully saturated rings. The van der Waals surface area contributed by atoms with Crippen molar-refractivity contribution in [3.05, 3.63) is 0 Å². The van der Waals surface area contributed by atoms with E-state index < -0.39 is 18.7 Å². The van der Waals surface area contributed by atoms with Crippen molar-refractivity contribution >= 4 is 5.97 Å². The fourth-order valence-electron chi connectivity index (χ4n) is 1.80. The summed E-state index contributed by atoms with van der Waals surface area (Å²) in [5, 5.41) is 17.5. The van der Waals surface area contributed by atoms with E-state index in [9.17, 15) is 4.79 Å². The van der Waals surface area contributed by atoms with Crippen molar-refractivity contribution in [2.75, 3.05) is 6.61 Å². The lowest BCUT2D eigenvalue weighted by Crippen LogP contribution is -2.32. The molecule has 0 aromatic heterocycles. The van der Waals surface area contributed by atoms with Crippen molar-refractivity contribution in [1.82, 2.24) is 0 Å². The molecule has 0 heterocycles. The van der Waals surface area contributed by atoms with Gasteiger partial charge in [-0.05, 0) is 25.2 Å². The van der Waals surface area contributed by atoms with Crippen LogP contribution in [0.4, 0.5) is 0 Å². The topological polar surface area (TPSA) is 66.8 Å². The summed E-state index contributed by atoms with van der Waals surface area (Å²) in [7, 11) is 0. The van der Waals surface area contributed by atoms with Crippen molar-refractivity contribution in [2.24, 2.45) is 5.92 Å². The van der Waals surface area contributed by atoms with Gasteiger partial charge in [-0.3, -0.25) is 0 Å². The number of aliphatic hydroxyl groups is 2. The van der Waals surface area contributed by atoms with Crippen molar-refractivity contribution in [2.45, 2.75) is 44.8 Å². The molecular weight excluding hydrogens is 184 g/mol. The van der Waals surface area contributed by atoms with Crippen LogP contribution in [0.3, 0.4) is 0 Å². The van der Waals surface area contributed by atoms with E-state index in [1.807, 2.05) is 0 Å². The van der Waals surface area contributed by atoms with Gasteiger partial charge < -0.3 is 14.9 Å². The largest absolute Gasteiger partial charge is 0.460 e. The molecule has 0 amide bonds. The van der Waals surface area contributed by atoms with Crippen LogP contribution in [-0.4, -0.2) is 35.0 Å². The van der Waals surface area contributed by atoms with Crippen LogP contribution in [0.5, 0.6) is 0 Å². The Hall–Kier alpha value is -0.610. The molecular formula is C10H18O4. The van der Waals surface area contributed by atoms with Crippen LogP contribution >= 0.6 is 0 Å². The Morgan fingerprint density at radius 2 is 2.29 bits per heavy atom. The predicted molar refractivity (Wildman–Crippen MR) is 50.6 cm³/mol. The van der Waals surface area contributed by atoms with Crippen LogP contribution in [0.1, 0.15) is 32.6 Å². The average molecular weight is 202 g/mol. The van der Waals surface area contributed by atoms with Crippen molar-refractivity contribution in [3.63, 3.8) is 0 Å². The summed E-state index contributed by atoms with van der Waals surface area (Å²) in [6, 6.07) is 0. The number of hydrogen-bond acceptors (Lipinski definition) is 4. The molecule has 0 spiro atoms. The second-order valence-corrected chi connectivity index (χ2v) is 4.03. The van der Waals surface area contributed by atoms with Crippen LogP contribution in [-0.2, 0) is 9.53 Å². The van der Waals surface area contributed by atoms with E-state index in [-0.39, 0.29) is 6.10 Å². The Morgan fingerprint density at radius 1 is 1.57 bits per heavy atom. The smallest absolute Gasteiger partial charge is 0.337 e. The molecule has 3 atom stereocenters. The van der Waals surface area contributed by atoms with Crippen molar-refractivity contribution in [1.29, 1.82) is 0 Å². The van der Waals surface area contributed by atoms with Crippen molar-refractivity contribution < 1.29 is 19.7 Å². The summed E-state index contributed by atoms with van der Waals surface area (Å²) in [6.45, 7) is 1.56. The van der Waals surface area contributed by atoms with E-state index >= 15 is 0 Å². The summed E-state index contributed by atoms with van der Waals surface area (Å²) in [5.41, 5.74) is 0. The lowest BCUT2D eigenvalue weighted by molar-refractivity contribution is -0.163. The molecule has 4 heteroatoms. The number of aliphatic hydroxyl groups excluding tert-OH is 2. The molecule has 0 aromatic rings. The minimum Gasteiger partial charge on any atom is -0.460 e. The van der Waals surface area contributed by atoms with Gasteiger partial charge in [-0.25, -0.2) is 4.79 Å². The van der Waals surface area contributed by atoms with E-state index in [1.165, 1.54) is 6.42 Å². The third-order valence-electron chi connectivity index (χ3n) is 2.62. The first-order valence-corrected chi connectivity index (χ1v) is 5.13. The third kappa shape index (κ3) is 3.27. The number of carbonyl (C=O) groups excluding carboxylic acids is 1. The van der Waals surface area contributed by atoms with Crippen LogP contribution in [0.2, 0.25) is 0 Å². The molecule has 82 valence electrons. The van der Waals surface area contributed by atoms with E-state index in [0.29, 0.717) is 5.92 Å². The summed E-state index contributed by atoms with van der Waals surface area (Å²) >= 11 is 0. The van der Waals surface area contributed by atoms with Gasteiger partial charge >= 0.3 is 5.97 Å². The molecule has 1 aliphatic rings. The monoisotopic (exact) mass is 202 g/mol. The maximum atomic E-state index is 11.1. The van der Waals surface area contributed by atoms with Gasteiger partial charge in [0.1, 0.15) is 6.10 Å². The van der Waals surface area contributed by atoms with Gasteiger partial charge in [-0.2, -0.15) is 0 Å². The highest BCUT2D eigenvalue weighted by Gasteiger charge is 2.24. The number of carbonyl (C=O) groups is 1. The van der Waals surface area contributed by atoms with Crippen LogP contribution in [0, 0.1) is 5.92 Å². The number of rotatable bonds is 3. The fourth-order valence-corrected chi connectivity index (χ4v) is 1.80. The molecule has 1 rings (SSSR count). The highest BCUT2D eigenvalue weighted by molar-refractivity contribution is 5.74. The van der Waals surface area contributed by atoms with Crippen LogP contribution < -0.4 is 0 Å². The van der Waals surface area contributed by atoms with E-state index in [0.717, 1.165) is 19.3 Å². The van der Waals surface area contributed by atoms with Gasteiger partial charge in [0, 0.05) is 0 Å². The van der Waals surface area contributed by atoms with Gasteiger partial charge in [0.05, 0.1) is 6.61 Å². The summed E-state index contributed by atoms with van der Waals surface area (Å²) in [5.74, 6) is -0.126. The SMILES string of the molecule is CC1CCCC(OC(=O)C(O)CO)C1. The molecule has 0 aliphatic heterocycles. The zero-order chi connectivity index (χ0) is 10.6. The third-order valence-corrected chi connectivity index (χ3v) is 2.62. The quantitative estimate of drug-likeness (QED) is 0.652. The average Bonchev–Trinajstić information content (AvgIpc) is 2.16. The molecule has 4 nitrogen and oxygen atoms in total. The minimum atomic E-state index is -1.38. The Balaban J connectivity index is 2.32. The number of esters is 1. The van der Waals surface area contributed by atoms with E-state index in [2.05, 4.69) is 6.92 Å². The Morgan fingerprint density at radius 3 is 2.86 bits per heavy atom. The van der Waals surface area contributed by atoms with Gasteiger partial charge in [-0.15, -0.1) is 0 Å². The van der Waals surface area contributed by atoms with Gasteiger partial charge in [-0.1, -0.05) is 13.3 Å². The van der Waals surface area contributed by atoms with Gasteiger partial charge in [0.15, 0.2) is 6.10 Å². The zero-order valence-electron chi connectivity index (χ0n) is 8.48. The summed E-state index contributed by atoms with van der Waals surface area (Å²) in [6.07, 6.45) is 2.52. The van der Waals surface area contributed by atoms with E-state index in [1.54, 1.807) is 0 Å². The standard InChI is InChI=1S/C10H18O4/c1-7-3-2-4-8(5-7)14-10(13)9(12)6-11/h7-9,11-12H,2-6H2,1H3. The van der Waals surface area contributed by atoms with E-state index in [4.69, 9.17) is 14.9 Å². The molecule has 0 radical (unpaired) electrons. The molecule has 1 aliphatic carbocycles. The van der Waals surface area contributed by atoms with Crippen molar-refractivity contribution in [3.8, 4) is 0 Å². The van der Waals surface area contributed by atoms with Crippen LogP contribution in [0.15, 0.2) is 0 Å². The molecule has 0 saturated heterocycles. The summed E-state index contributed by atoms with van der Waals surface area (Å²) < 4.78 is 5.07. The predicted octanol–water partition coefficient (Wildman–Crippen LogP) is 0.461.